The molecule has 100 valence electrons. The van der Waals surface area contributed by atoms with Gasteiger partial charge in [-0.15, -0.1) is 0 Å². The fraction of sp³-hybridized carbons (Fsp3) is 0.333. The molecule has 1 aromatic heterocycles. The van der Waals surface area contributed by atoms with Crippen molar-refractivity contribution in [2.24, 2.45) is 0 Å². The van der Waals surface area contributed by atoms with Gasteiger partial charge in [-0.05, 0) is 18.9 Å². The first-order valence-electron chi connectivity index (χ1n) is 6.35. The van der Waals surface area contributed by atoms with E-state index in [9.17, 15) is 4.79 Å². The molecule has 2 aromatic rings. The van der Waals surface area contributed by atoms with Crippen molar-refractivity contribution in [3.05, 3.63) is 46.0 Å². The zero-order chi connectivity index (χ0) is 13.8. The van der Waals surface area contributed by atoms with Gasteiger partial charge in [0, 0.05) is 13.6 Å². The number of carbonyl (C=O) groups excluding carboxylic acids is 1. The van der Waals surface area contributed by atoms with Gasteiger partial charge >= 0.3 is 0 Å². The molecule has 0 radical (unpaired) electrons. The van der Waals surface area contributed by atoms with Gasteiger partial charge in [0.05, 0.1) is 10.6 Å². The van der Waals surface area contributed by atoms with Crippen LogP contribution in [-0.2, 0) is 13.0 Å². The van der Waals surface area contributed by atoms with Crippen molar-refractivity contribution in [3.8, 4) is 0 Å². The molecule has 2 rings (SSSR count). The summed E-state index contributed by atoms with van der Waals surface area (Å²) in [7, 11) is 2.01. The lowest BCUT2D eigenvalue weighted by atomic mass is 10.1. The number of nitrogens with zero attached hydrogens (tertiary/aromatic N) is 2. The molecule has 3 nitrogen and oxygen atoms in total. The van der Waals surface area contributed by atoms with E-state index in [0.717, 1.165) is 35.0 Å². The lowest BCUT2D eigenvalue weighted by Gasteiger charge is -2.15. The highest BCUT2D eigenvalue weighted by Crippen LogP contribution is 2.25. The van der Waals surface area contributed by atoms with Crippen LogP contribution in [0, 0.1) is 6.92 Å². The summed E-state index contributed by atoms with van der Waals surface area (Å²) in [5.74, 6) is 0. The molecule has 4 heteroatoms. The number of thiazole rings is 1. The zero-order valence-corrected chi connectivity index (χ0v) is 12.3. The molecule has 1 aromatic carbocycles. The van der Waals surface area contributed by atoms with Crippen LogP contribution in [0.2, 0.25) is 0 Å². The van der Waals surface area contributed by atoms with E-state index in [1.54, 1.807) is 0 Å². The summed E-state index contributed by atoms with van der Waals surface area (Å²) in [6, 6.07) is 8.44. The average Bonchev–Trinajstić information content (AvgIpc) is 2.82. The number of aldehydes is 1. The first-order valence-corrected chi connectivity index (χ1v) is 7.17. The molecule has 1 heterocycles. The van der Waals surface area contributed by atoms with Gasteiger partial charge in [0.15, 0.2) is 11.4 Å². The highest BCUT2D eigenvalue weighted by atomic mass is 32.1. The van der Waals surface area contributed by atoms with Gasteiger partial charge in [0.1, 0.15) is 0 Å². The molecule has 0 aliphatic carbocycles. The second-order valence-corrected chi connectivity index (χ2v) is 5.63. The lowest BCUT2D eigenvalue weighted by molar-refractivity contribution is 0.112. The van der Waals surface area contributed by atoms with E-state index in [-0.39, 0.29) is 0 Å². The monoisotopic (exact) mass is 274 g/mol. The smallest absolute Gasteiger partial charge is 0.186 e. The van der Waals surface area contributed by atoms with E-state index in [0.29, 0.717) is 0 Å². The van der Waals surface area contributed by atoms with Crippen molar-refractivity contribution in [2.45, 2.75) is 26.8 Å². The first-order chi connectivity index (χ1) is 9.13. The molecule has 0 fully saturated rings. The van der Waals surface area contributed by atoms with Crippen LogP contribution in [0.25, 0.3) is 0 Å². The van der Waals surface area contributed by atoms with Gasteiger partial charge in [0.25, 0.3) is 0 Å². The number of benzene rings is 1. The molecule has 0 N–H and O–H groups in total. The van der Waals surface area contributed by atoms with Crippen molar-refractivity contribution in [1.29, 1.82) is 0 Å². The second kappa shape index (κ2) is 5.97. The van der Waals surface area contributed by atoms with Crippen LogP contribution in [0.3, 0.4) is 0 Å². The van der Waals surface area contributed by atoms with Crippen molar-refractivity contribution in [1.82, 2.24) is 4.98 Å². The van der Waals surface area contributed by atoms with Crippen LogP contribution in [0.4, 0.5) is 5.13 Å². The summed E-state index contributed by atoms with van der Waals surface area (Å²) in [5, 5.41) is 0.903. The minimum atomic E-state index is 0.744. The highest BCUT2D eigenvalue weighted by molar-refractivity contribution is 7.17. The van der Waals surface area contributed by atoms with E-state index < -0.39 is 0 Å². The highest BCUT2D eigenvalue weighted by Gasteiger charge is 2.12. The Morgan fingerprint density at radius 2 is 2.21 bits per heavy atom. The molecule has 0 bridgehead atoms. The maximum Gasteiger partial charge on any atom is 0.186 e. The van der Waals surface area contributed by atoms with Crippen molar-refractivity contribution in [3.63, 3.8) is 0 Å². The van der Waals surface area contributed by atoms with E-state index in [4.69, 9.17) is 0 Å². The van der Waals surface area contributed by atoms with Crippen molar-refractivity contribution in [2.75, 3.05) is 11.9 Å². The molecule has 19 heavy (non-hydrogen) atoms. The Morgan fingerprint density at radius 1 is 1.42 bits per heavy atom. The van der Waals surface area contributed by atoms with Crippen LogP contribution in [0.5, 0.6) is 0 Å². The Labute approximate surface area is 117 Å². The molecule has 0 saturated heterocycles. The van der Waals surface area contributed by atoms with Crippen LogP contribution in [0.1, 0.15) is 33.4 Å². The molecular formula is C15H18N2OS. The summed E-state index contributed by atoms with van der Waals surface area (Å²) in [6.45, 7) is 4.91. The Balaban J connectivity index is 2.17. The van der Waals surface area contributed by atoms with Crippen LogP contribution < -0.4 is 4.90 Å². The first kappa shape index (κ1) is 13.7. The van der Waals surface area contributed by atoms with Gasteiger partial charge in [-0.25, -0.2) is 4.98 Å². The predicted octanol–water partition coefficient (Wildman–Crippen LogP) is 3.46. The summed E-state index contributed by atoms with van der Waals surface area (Å²) in [6.07, 6.45) is 1.70. The van der Waals surface area contributed by atoms with Gasteiger partial charge < -0.3 is 4.90 Å². The number of carbonyl (C=O) groups is 1. The molecule has 0 aliphatic rings. The van der Waals surface area contributed by atoms with Crippen LogP contribution in [-0.4, -0.2) is 18.3 Å². The van der Waals surface area contributed by atoms with E-state index in [1.165, 1.54) is 22.5 Å². The third-order valence-corrected chi connectivity index (χ3v) is 4.12. The van der Waals surface area contributed by atoms with Gasteiger partial charge in [-0.2, -0.15) is 0 Å². The standard InChI is InChI=1S/C15H18N2OS/c1-4-13-14(10-18)19-15(16-13)17(3)9-12-7-5-6-11(2)8-12/h5-8,10H,4,9H2,1-3H3. The van der Waals surface area contributed by atoms with E-state index in [2.05, 4.69) is 41.1 Å². The molecule has 0 unspecified atom stereocenters. The number of anilines is 1. The van der Waals surface area contributed by atoms with E-state index >= 15 is 0 Å². The van der Waals surface area contributed by atoms with Gasteiger partial charge in [-0.3, -0.25) is 4.79 Å². The Kier molecular flexibility index (Phi) is 4.32. The minimum Gasteiger partial charge on any atom is -0.347 e. The fourth-order valence-corrected chi connectivity index (χ4v) is 2.94. The Morgan fingerprint density at radius 3 is 2.79 bits per heavy atom. The van der Waals surface area contributed by atoms with Gasteiger partial charge in [0.2, 0.25) is 0 Å². The normalized spacial score (nSPS) is 10.5. The number of rotatable bonds is 5. The quantitative estimate of drug-likeness (QED) is 0.783. The Hall–Kier alpha value is -1.68. The number of aromatic nitrogens is 1. The van der Waals surface area contributed by atoms with Crippen molar-refractivity contribution >= 4 is 22.8 Å². The molecule has 0 saturated carbocycles. The SMILES string of the molecule is CCc1nc(N(C)Cc2cccc(C)c2)sc1C=O. The lowest BCUT2D eigenvalue weighted by Crippen LogP contribution is -2.16. The van der Waals surface area contributed by atoms with E-state index in [1.807, 2.05) is 14.0 Å². The maximum absolute atomic E-state index is 11.0. The second-order valence-electron chi connectivity index (χ2n) is 4.62. The third kappa shape index (κ3) is 3.20. The summed E-state index contributed by atoms with van der Waals surface area (Å²) < 4.78 is 0. The van der Waals surface area contributed by atoms with Crippen LogP contribution >= 0.6 is 11.3 Å². The topological polar surface area (TPSA) is 33.2 Å². The van der Waals surface area contributed by atoms with Crippen molar-refractivity contribution < 1.29 is 4.79 Å². The number of hydrogen-bond donors (Lipinski definition) is 0. The fourth-order valence-electron chi connectivity index (χ4n) is 2.01. The molecular weight excluding hydrogens is 256 g/mol. The molecule has 0 amide bonds. The van der Waals surface area contributed by atoms with Crippen LogP contribution in [0.15, 0.2) is 24.3 Å². The third-order valence-electron chi connectivity index (χ3n) is 2.99. The molecule has 0 spiro atoms. The van der Waals surface area contributed by atoms with Gasteiger partial charge in [-0.1, -0.05) is 48.1 Å². The summed E-state index contributed by atoms with van der Waals surface area (Å²) >= 11 is 1.46. The molecule has 0 aliphatic heterocycles. The minimum absolute atomic E-state index is 0.744. The Bertz CT molecular complexity index is 577. The largest absolute Gasteiger partial charge is 0.347 e. The average molecular weight is 274 g/mol. The summed E-state index contributed by atoms with van der Waals surface area (Å²) in [5.41, 5.74) is 3.40. The predicted molar refractivity (Wildman–Crippen MR) is 80.2 cm³/mol. The zero-order valence-electron chi connectivity index (χ0n) is 11.5. The summed E-state index contributed by atoms with van der Waals surface area (Å²) in [4.78, 5) is 18.3. The molecule has 0 atom stereocenters. The maximum atomic E-state index is 11.0. The number of hydrogen-bond acceptors (Lipinski definition) is 4. The number of aryl methyl sites for hydroxylation is 2.